The van der Waals surface area contributed by atoms with Gasteiger partial charge in [-0.1, -0.05) is 18.2 Å². The van der Waals surface area contributed by atoms with Crippen LogP contribution in [0.5, 0.6) is 0 Å². The van der Waals surface area contributed by atoms with Gasteiger partial charge in [0.25, 0.3) is 0 Å². The molecule has 0 saturated heterocycles. The second kappa shape index (κ2) is 5.38. The molecule has 0 radical (unpaired) electrons. The van der Waals surface area contributed by atoms with Gasteiger partial charge < -0.3 is 20.5 Å². The summed E-state index contributed by atoms with van der Waals surface area (Å²) in [6.07, 6.45) is 3.06. The molecule has 2 aromatic rings. The molecule has 23 heavy (non-hydrogen) atoms. The van der Waals surface area contributed by atoms with E-state index in [0.717, 1.165) is 16.5 Å². The van der Waals surface area contributed by atoms with E-state index in [4.69, 9.17) is 10.8 Å². The Morgan fingerprint density at radius 2 is 2.04 bits per heavy atom. The van der Waals surface area contributed by atoms with Gasteiger partial charge in [-0.3, -0.25) is 9.59 Å². The number of aliphatic carboxylic acids is 2. The first-order chi connectivity index (χ1) is 10.8. The molecule has 122 valence electrons. The number of aryl methyl sites for hydroxylation is 2. The summed E-state index contributed by atoms with van der Waals surface area (Å²) in [5, 5.41) is 19.6. The van der Waals surface area contributed by atoms with E-state index in [1.807, 2.05) is 42.1 Å². The highest BCUT2D eigenvalue weighted by atomic mass is 16.4. The fourth-order valence-corrected chi connectivity index (χ4v) is 3.45. The lowest BCUT2D eigenvalue weighted by molar-refractivity contribution is -0.145. The molecule has 3 rings (SSSR count). The van der Waals surface area contributed by atoms with Crippen LogP contribution in [0.15, 0.2) is 30.5 Å². The number of nitrogens with two attached hydrogens (primary N) is 1. The maximum absolute atomic E-state index is 11.6. The number of carbonyl (C=O) groups is 2. The van der Waals surface area contributed by atoms with E-state index in [2.05, 4.69) is 0 Å². The van der Waals surface area contributed by atoms with Crippen LogP contribution < -0.4 is 5.73 Å². The second-order valence-corrected chi connectivity index (χ2v) is 6.41. The van der Waals surface area contributed by atoms with Crippen LogP contribution in [0.2, 0.25) is 0 Å². The topological polar surface area (TPSA) is 106 Å². The van der Waals surface area contributed by atoms with Crippen LogP contribution in [0.1, 0.15) is 18.4 Å². The minimum atomic E-state index is -1.49. The van der Waals surface area contributed by atoms with Crippen molar-refractivity contribution in [2.24, 2.45) is 24.6 Å². The standard InChI is InChI=1S/C17H20N2O4/c1-19-9-10(11-4-2-3-5-14(11)19)6-7-17(18,16(22)23)13-8-12(13)15(20)21/h2-5,9,12-13H,6-8,18H2,1H3,(H,20,21)(H,22,23). The maximum Gasteiger partial charge on any atom is 0.324 e. The molecule has 3 unspecified atom stereocenters. The number of benzene rings is 1. The number of carboxylic acid groups (broad SMARTS) is 2. The Kier molecular flexibility index (Phi) is 3.64. The minimum Gasteiger partial charge on any atom is -0.481 e. The van der Waals surface area contributed by atoms with Gasteiger partial charge in [-0.15, -0.1) is 0 Å². The van der Waals surface area contributed by atoms with Crippen LogP contribution in [-0.2, 0) is 23.1 Å². The summed E-state index contributed by atoms with van der Waals surface area (Å²) in [6, 6.07) is 7.91. The van der Waals surface area contributed by atoms with Gasteiger partial charge >= 0.3 is 11.9 Å². The molecule has 4 N–H and O–H groups in total. The van der Waals surface area contributed by atoms with Crippen molar-refractivity contribution in [3.05, 3.63) is 36.0 Å². The highest BCUT2D eigenvalue weighted by Gasteiger charge is 2.58. The third-order valence-electron chi connectivity index (χ3n) is 4.95. The number of nitrogens with zero attached hydrogens (tertiary/aromatic N) is 1. The average molecular weight is 316 g/mol. The first kappa shape index (κ1) is 15.6. The lowest BCUT2D eigenvalue weighted by atomic mass is 9.86. The maximum atomic E-state index is 11.6. The summed E-state index contributed by atoms with van der Waals surface area (Å²) < 4.78 is 2.00. The number of hydrogen-bond acceptors (Lipinski definition) is 3. The van der Waals surface area contributed by atoms with Crippen LogP contribution in [0.25, 0.3) is 10.9 Å². The Balaban J connectivity index is 1.82. The summed E-state index contributed by atoms with van der Waals surface area (Å²) in [5.74, 6) is -3.21. The lowest BCUT2D eigenvalue weighted by Crippen LogP contribution is -2.51. The molecule has 6 nitrogen and oxygen atoms in total. The van der Waals surface area contributed by atoms with E-state index in [1.165, 1.54) is 0 Å². The molecule has 1 aromatic carbocycles. The van der Waals surface area contributed by atoms with E-state index in [1.54, 1.807) is 0 Å². The normalized spacial score (nSPS) is 22.7. The molecule has 1 aliphatic rings. The molecule has 0 bridgehead atoms. The summed E-state index contributed by atoms with van der Waals surface area (Å²) in [4.78, 5) is 22.7. The molecular weight excluding hydrogens is 296 g/mol. The Bertz CT molecular complexity index is 782. The number of para-hydroxylation sites is 1. The zero-order valence-corrected chi connectivity index (χ0v) is 12.9. The zero-order chi connectivity index (χ0) is 16.8. The fourth-order valence-electron chi connectivity index (χ4n) is 3.45. The van der Waals surface area contributed by atoms with Gasteiger partial charge in [0.1, 0.15) is 5.54 Å². The van der Waals surface area contributed by atoms with Crippen molar-refractivity contribution in [1.82, 2.24) is 4.57 Å². The lowest BCUT2D eigenvalue weighted by Gasteiger charge is -2.24. The van der Waals surface area contributed by atoms with Gasteiger partial charge in [-0.2, -0.15) is 0 Å². The van der Waals surface area contributed by atoms with Crippen molar-refractivity contribution >= 4 is 22.8 Å². The van der Waals surface area contributed by atoms with Gasteiger partial charge in [-0.05, 0) is 30.9 Å². The molecule has 1 fully saturated rings. The van der Waals surface area contributed by atoms with Crippen molar-refractivity contribution in [1.29, 1.82) is 0 Å². The van der Waals surface area contributed by atoms with Crippen LogP contribution >= 0.6 is 0 Å². The van der Waals surface area contributed by atoms with Crippen LogP contribution in [0, 0.1) is 11.8 Å². The summed E-state index contributed by atoms with van der Waals surface area (Å²) in [5.41, 5.74) is 6.73. The monoisotopic (exact) mass is 316 g/mol. The minimum absolute atomic E-state index is 0.227. The first-order valence-electron chi connectivity index (χ1n) is 7.62. The molecule has 1 aliphatic carbocycles. The summed E-state index contributed by atoms with van der Waals surface area (Å²) >= 11 is 0. The van der Waals surface area contributed by atoms with E-state index >= 15 is 0 Å². The third kappa shape index (κ3) is 2.59. The predicted octanol–water partition coefficient (Wildman–Crippen LogP) is 1.61. The Labute approximate surface area is 133 Å². The van der Waals surface area contributed by atoms with E-state index in [9.17, 15) is 14.7 Å². The Morgan fingerprint density at radius 1 is 1.35 bits per heavy atom. The van der Waals surface area contributed by atoms with Crippen LogP contribution in [0.4, 0.5) is 0 Å². The highest BCUT2D eigenvalue weighted by Crippen LogP contribution is 2.47. The van der Waals surface area contributed by atoms with Gasteiger partial charge in [0, 0.05) is 30.1 Å². The first-order valence-corrected chi connectivity index (χ1v) is 7.62. The van der Waals surface area contributed by atoms with Crippen molar-refractivity contribution in [3.63, 3.8) is 0 Å². The molecular formula is C17H20N2O4. The van der Waals surface area contributed by atoms with Gasteiger partial charge in [-0.25, -0.2) is 0 Å². The SMILES string of the molecule is Cn1cc(CCC(N)(C(=O)O)C2CC2C(=O)O)c2ccccc21. The second-order valence-electron chi connectivity index (χ2n) is 6.41. The number of hydrogen-bond donors (Lipinski definition) is 3. The number of carboxylic acids is 2. The van der Waals surface area contributed by atoms with Crippen molar-refractivity contribution in [2.75, 3.05) is 0 Å². The Morgan fingerprint density at radius 3 is 2.65 bits per heavy atom. The van der Waals surface area contributed by atoms with Crippen LogP contribution in [-0.4, -0.2) is 32.3 Å². The zero-order valence-electron chi connectivity index (χ0n) is 12.9. The van der Waals surface area contributed by atoms with Crippen molar-refractivity contribution in [2.45, 2.75) is 24.8 Å². The van der Waals surface area contributed by atoms with Gasteiger partial charge in [0.2, 0.25) is 0 Å². The predicted molar refractivity (Wildman–Crippen MR) is 85.0 cm³/mol. The molecule has 0 aliphatic heterocycles. The molecule has 1 aromatic heterocycles. The molecule has 1 saturated carbocycles. The molecule has 0 spiro atoms. The van der Waals surface area contributed by atoms with Gasteiger partial charge in [0.05, 0.1) is 5.92 Å². The summed E-state index contributed by atoms with van der Waals surface area (Å²) in [6.45, 7) is 0. The number of fused-ring (bicyclic) bond motifs is 1. The third-order valence-corrected chi connectivity index (χ3v) is 4.95. The summed E-state index contributed by atoms with van der Waals surface area (Å²) in [7, 11) is 1.94. The molecule has 6 heteroatoms. The van der Waals surface area contributed by atoms with E-state index in [-0.39, 0.29) is 6.42 Å². The number of rotatable bonds is 6. The van der Waals surface area contributed by atoms with Crippen molar-refractivity contribution < 1.29 is 19.8 Å². The van der Waals surface area contributed by atoms with E-state index in [0.29, 0.717) is 12.8 Å². The quantitative estimate of drug-likeness (QED) is 0.751. The highest BCUT2D eigenvalue weighted by molar-refractivity contribution is 5.85. The number of aromatic nitrogens is 1. The van der Waals surface area contributed by atoms with E-state index < -0.39 is 29.3 Å². The smallest absolute Gasteiger partial charge is 0.324 e. The fraction of sp³-hybridized carbons (Fsp3) is 0.412. The van der Waals surface area contributed by atoms with Crippen molar-refractivity contribution in [3.8, 4) is 0 Å². The largest absolute Gasteiger partial charge is 0.481 e. The van der Waals surface area contributed by atoms with Crippen LogP contribution in [0.3, 0.4) is 0 Å². The van der Waals surface area contributed by atoms with Gasteiger partial charge in [0.15, 0.2) is 0 Å². The molecule has 1 heterocycles. The molecule has 3 atom stereocenters. The average Bonchev–Trinajstić information content (AvgIpc) is 3.26. The Hall–Kier alpha value is -2.34. The molecule has 0 amide bonds.